The van der Waals surface area contributed by atoms with Crippen molar-refractivity contribution in [1.29, 1.82) is 0 Å². The van der Waals surface area contributed by atoms with E-state index >= 15 is 0 Å². The van der Waals surface area contributed by atoms with Gasteiger partial charge in [-0.1, -0.05) is 6.07 Å². The summed E-state index contributed by atoms with van der Waals surface area (Å²) in [6, 6.07) is 6.93. The van der Waals surface area contributed by atoms with Crippen LogP contribution < -0.4 is 15.8 Å². The van der Waals surface area contributed by atoms with Crippen LogP contribution in [-0.2, 0) is 14.3 Å². The number of carbonyl (C=O) groups is 2. The fourth-order valence-corrected chi connectivity index (χ4v) is 1.48. The minimum atomic E-state index is -0.796. The molecule has 6 heteroatoms. The summed E-state index contributed by atoms with van der Waals surface area (Å²) in [7, 11) is 0. The largest absolute Gasteiger partial charge is 0.493 e. The summed E-state index contributed by atoms with van der Waals surface area (Å²) in [5, 5.41) is 2.58. The van der Waals surface area contributed by atoms with Crippen LogP contribution in [0, 0.1) is 0 Å². The van der Waals surface area contributed by atoms with E-state index in [9.17, 15) is 9.59 Å². The third-order valence-corrected chi connectivity index (χ3v) is 2.46. The van der Waals surface area contributed by atoms with E-state index in [1.807, 2.05) is 0 Å². The standard InChI is InChI=1S/C14H20N2O4/c1-3-16-14(18)10(2)20-13(17)7-8-19-12-6-4-5-11(15)9-12/h4-6,9-10H,3,7-8,15H2,1-2H3,(H,16,18). The molecule has 6 nitrogen and oxygen atoms in total. The maximum Gasteiger partial charge on any atom is 0.310 e. The molecule has 0 bridgehead atoms. The Hall–Kier alpha value is -2.24. The molecule has 0 radical (unpaired) electrons. The highest BCUT2D eigenvalue weighted by atomic mass is 16.5. The normalized spacial score (nSPS) is 11.5. The second kappa shape index (κ2) is 8.04. The summed E-state index contributed by atoms with van der Waals surface area (Å²) in [6.07, 6.45) is -0.728. The van der Waals surface area contributed by atoms with E-state index < -0.39 is 12.1 Å². The highest BCUT2D eigenvalue weighted by Crippen LogP contribution is 2.14. The molecule has 0 fully saturated rings. The summed E-state index contributed by atoms with van der Waals surface area (Å²) in [4.78, 5) is 22.9. The van der Waals surface area contributed by atoms with Gasteiger partial charge in [0.05, 0.1) is 13.0 Å². The summed E-state index contributed by atoms with van der Waals surface area (Å²) in [5.74, 6) is -0.195. The number of likely N-dealkylation sites (N-methyl/N-ethyl adjacent to an activating group) is 1. The molecular formula is C14H20N2O4. The van der Waals surface area contributed by atoms with E-state index in [0.717, 1.165) is 0 Å². The number of esters is 1. The van der Waals surface area contributed by atoms with Crippen LogP contribution in [0.25, 0.3) is 0 Å². The second-order valence-electron chi connectivity index (χ2n) is 4.20. The number of anilines is 1. The van der Waals surface area contributed by atoms with Crippen molar-refractivity contribution in [2.45, 2.75) is 26.4 Å². The Labute approximate surface area is 118 Å². The molecule has 0 saturated carbocycles. The minimum absolute atomic E-state index is 0.0680. The van der Waals surface area contributed by atoms with Gasteiger partial charge in [-0.15, -0.1) is 0 Å². The Kier molecular flexibility index (Phi) is 6.36. The van der Waals surface area contributed by atoms with Gasteiger partial charge in [-0.2, -0.15) is 0 Å². The maximum absolute atomic E-state index is 11.5. The number of hydrogen-bond donors (Lipinski definition) is 2. The number of nitrogens with two attached hydrogens (primary N) is 1. The Balaban J connectivity index is 2.28. The fourth-order valence-electron chi connectivity index (χ4n) is 1.48. The van der Waals surface area contributed by atoms with Crippen LogP contribution in [0.2, 0.25) is 0 Å². The van der Waals surface area contributed by atoms with E-state index in [-0.39, 0.29) is 18.9 Å². The zero-order chi connectivity index (χ0) is 15.0. The van der Waals surface area contributed by atoms with E-state index in [1.54, 1.807) is 31.2 Å². The molecule has 1 amide bonds. The van der Waals surface area contributed by atoms with Gasteiger partial charge in [-0.05, 0) is 26.0 Å². The number of nitrogen functional groups attached to an aromatic ring is 1. The van der Waals surface area contributed by atoms with Crippen molar-refractivity contribution in [1.82, 2.24) is 5.32 Å². The molecule has 3 N–H and O–H groups in total. The summed E-state index contributed by atoms with van der Waals surface area (Å²) in [6.45, 7) is 4.00. The summed E-state index contributed by atoms with van der Waals surface area (Å²) in [5.41, 5.74) is 6.19. The van der Waals surface area contributed by atoms with Crippen molar-refractivity contribution >= 4 is 17.6 Å². The van der Waals surface area contributed by atoms with Crippen LogP contribution in [0.15, 0.2) is 24.3 Å². The predicted octanol–water partition coefficient (Wildman–Crippen LogP) is 1.11. The Bertz CT molecular complexity index is 462. The Morgan fingerprint density at radius 3 is 2.80 bits per heavy atom. The van der Waals surface area contributed by atoms with Crippen LogP contribution in [-0.4, -0.2) is 31.1 Å². The Morgan fingerprint density at radius 1 is 1.40 bits per heavy atom. The average Bonchev–Trinajstić information content (AvgIpc) is 2.39. The monoisotopic (exact) mass is 280 g/mol. The number of hydrogen-bond acceptors (Lipinski definition) is 5. The van der Waals surface area contributed by atoms with Crippen LogP contribution >= 0.6 is 0 Å². The molecule has 0 aliphatic heterocycles. The molecule has 0 saturated heterocycles. The lowest BCUT2D eigenvalue weighted by Crippen LogP contribution is -2.35. The van der Waals surface area contributed by atoms with E-state index in [4.69, 9.17) is 15.2 Å². The van der Waals surface area contributed by atoms with Crippen LogP contribution in [0.3, 0.4) is 0 Å². The number of benzene rings is 1. The highest BCUT2D eigenvalue weighted by Gasteiger charge is 2.16. The van der Waals surface area contributed by atoms with Crippen LogP contribution in [0.4, 0.5) is 5.69 Å². The molecule has 1 unspecified atom stereocenters. The van der Waals surface area contributed by atoms with E-state index in [2.05, 4.69) is 5.32 Å². The van der Waals surface area contributed by atoms with Gasteiger partial charge in [0, 0.05) is 18.3 Å². The molecule has 0 aliphatic rings. The van der Waals surface area contributed by atoms with Crippen molar-refractivity contribution in [2.75, 3.05) is 18.9 Å². The molecule has 110 valence electrons. The van der Waals surface area contributed by atoms with Crippen molar-refractivity contribution in [3.63, 3.8) is 0 Å². The lowest BCUT2D eigenvalue weighted by molar-refractivity contribution is -0.155. The SMILES string of the molecule is CCNC(=O)C(C)OC(=O)CCOc1cccc(N)c1. The smallest absolute Gasteiger partial charge is 0.310 e. The number of ether oxygens (including phenoxy) is 2. The van der Waals surface area contributed by atoms with Gasteiger partial charge in [0.15, 0.2) is 6.10 Å². The van der Waals surface area contributed by atoms with Gasteiger partial charge in [-0.3, -0.25) is 9.59 Å². The number of amides is 1. The molecule has 1 aromatic carbocycles. The van der Waals surface area contributed by atoms with Gasteiger partial charge >= 0.3 is 5.97 Å². The maximum atomic E-state index is 11.5. The van der Waals surface area contributed by atoms with Gasteiger partial charge in [0.1, 0.15) is 5.75 Å². The molecule has 0 heterocycles. The third-order valence-electron chi connectivity index (χ3n) is 2.46. The molecule has 20 heavy (non-hydrogen) atoms. The highest BCUT2D eigenvalue weighted by molar-refractivity contribution is 5.83. The molecule has 1 aromatic rings. The molecule has 1 rings (SSSR count). The average molecular weight is 280 g/mol. The lowest BCUT2D eigenvalue weighted by atomic mass is 10.3. The van der Waals surface area contributed by atoms with E-state index in [0.29, 0.717) is 18.0 Å². The third kappa shape index (κ3) is 5.60. The van der Waals surface area contributed by atoms with Crippen molar-refractivity contribution in [3.8, 4) is 5.75 Å². The molecule has 0 spiro atoms. The summed E-state index contributed by atoms with van der Waals surface area (Å²) >= 11 is 0. The first-order valence-electron chi connectivity index (χ1n) is 6.48. The Morgan fingerprint density at radius 2 is 2.15 bits per heavy atom. The van der Waals surface area contributed by atoms with Gasteiger partial charge in [0.25, 0.3) is 5.91 Å². The van der Waals surface area contributed by atoms with E-state index in [1.165, 1.54) is 6.92 Å². The lowest BCUT2D eigenvalue weighted by Gasteiger charge is -2.13. The molecule has 1 atom stereocenters. The van der Waals surface area contributed by atoms with Gasteiger partial charge in [0.2, 0.25) is 0 Å². The molecule has 0 aliphatic carbocycles. The van der Waals surface area contributed by atoms with Crippen molar-refractivity contribution in [3.05, 3.63) is 24.3 Å². The first kappa shape index (κ1) is 15.8. The zero-order valence-corrected chi connectivity index (χ0v) is 11.7. The van der Waals surface area contributed by atoms with Crippen LogP contribution in [0.1, 0.15) is 20.3 Å². The number of carbonyl (C=O) groups excluding carboxylic acids is 2. The summed E-state index contributed by atoms with van der Waals surface area (Å²) < 4.78 is 10.3. The molecule has 0 aromatic heterocycles. The van der Waals surface area contributed by atoms with Gasteiger partial charge < -0.3 is 20.5 Å². The quantitative estimate of drug-likeness (QED) is 0.576. The zero-order valence-electron chi connectivity index (χ0n) is 11.7. The van der Waals surface area contributed by atoms with Crippen molar-refractivity contribution in [2.24, 2.45) is 0 Å². The number of nitrogens with one attached hydrogen (secondary N) is 1. The van der Waals surface area contributed by atoms with Crippen molar-refractivity contribution < 1.29 is 19.1 Å². The predicted molar refractivity (Wildman–Crippen MR) is 75.2 cm³/mol. The molecular weight excluding hydrogens is 260 g/mol. The number of rotatable bonds is 7. The topological polar surface area (TPSA) is 90.6 Å². The minimum Gasteiger partial charge on any atom is -0.493 e. The van der Waals surface area contributed by atoms with Crippen LogP contribution in [0.5, 0.6) is 5.75 Å². The fraction of sp³-hybridized carbons (Fsp3) is 0.429. The first-order valence-corrected chi connectivity index (χ1v) is 6.48. The second-order valence-corrected chi connectivity index (χ2v) is 4.20. The first-order chi connectivity index (χ1) is 9.52. The van der Waals surface area contributed by atoms with Gasteiger partial charge in [-0.25, -0.2) is 0 Å².